The van der Waals surface area contributed by atoms with E-state index in [1.54, 1.807) is 31.2 Å². The fourth-order valence-corrected chi connectivity index (χ4v) is 2.73. The topological polar surface area (TPSA) is 95.1 Å². The van der Waals surface area contributed by atoms with Crippen molar-refractivity contribution in [2.75, 3.05) is 21.3 Å². The highest BCUT2D eigenvalue weighted by Gasteiger charge is 2.16. The number of methoxy groups -OCH3 is 3. The van der Waals surface area contributed by atoms with Crippen LogP contribution >= 0.6 is 0 Å². The van der Waals surface area contributed by atoms with Crippen LogP contribution in [0.2, 0.25) is 0 Å². The molecule has 0 aliphatic rings. The summed E-state index contributed by atoms with van der Waals surface area (Å²) >= 11 is 0. The summed E-state index contributed by atoms with van der Waals surface area (Å²) in [6.07, 6.45) is 2.04. The minimum atomic E-state index is -0.792. The summed E-state index contributed by atoms with van der Waals surface area (Å²) in [6.45, 7) is 5.49. The number of aryl methyl sites for hydroxylation is 1. The number of nitrogens with one attached hydrogen (secondary N) is 2. The molecular weight excluding hydrogens is 400 g/mol. The SMILES string of the molecule is COc1cc(/C=C/C(=O)NNC(=O)C(C)Oc2cccc(C)c2C)cc(OC)c1OC. The highest BCUT2D eigenvalue weighted by molar-refractivity contribution is 5.93. The minimum Gasteiger partial charge on any atom is -0.493 e. The lowest BCUT2D eigenvalue weighted by molar-refractivity contribution is -0.131. The fourth-order valence-electron chi connectivity index (χ4n) is 2.73. The Morgan fingerprint density at radius 2 is 1.58 bits per heavy atom. The largest absolute Gasteiger partial charge is 0.493 e. The number of carbonyl (C=O) groups is 2. The van der Waals surface area contributed by atoms with E-state index in [-0.39, 0.29) is 0 Å². The molecule has 0 bridgehead atoms. The molecule has 8 heteroatoms. The smallest absolute Gasteiger partial charge is 0.279 e. The molecule has 2 aromatic carbocycles. The van der Waals surface area contributed by atoms with Crippen molar-refractivity contribution >= 4 is 17.9 Å². The summed E-state index contributed by atoms with van der Waals surface area (Å²) in [7, 11) is 4.53. The standard InChI is InChI=1S/C23H28N2O6/c1-14-8-7-9-18(15(14)2)31-16(3)23(27)25-24-21(26)11-10-17-12-19(28-4)22(30-6)20(13-17)29-5/h7-13,16H,1-6H3,(H,24,26)(H,25,27)/b11-10+. The van der Waals surface area contributed by atoms with Crippen molar-refractivity contribution in [2.24, 2.45) is 0 Å². The number of hydrazine groups is 1. The summed E-state index contributed by atoms with van der Waals surface area (Å²) in [4.78, 5) is 24.3. The van der Waals surface area contributed by atoms with Crippen molar-refractivity contribution in [1.29, 1.82) is 0 Å². The van der Waals surface area contributed by atoms with Crippen LogP contribution in [0.3, 0.4) is 0 Å². The zero-order chi connectivity index (χ0) is 23.0. The lowest BCUT2D eigenvalue weighted by atomic mass is 10.1. The van der Waals surface area contributed by atoms with Gasteiger partial charge in [0.05, 0.1) is 21.3 Å². The Morgan fingerprint density at radius 3 is 2.16 bits per heavy atom. The molecule has 8 nitrogen and oxygen atoms in total. The lowest BCUT2D eigenvalue weighted by Gasteiger charge is -2.17. The van der Waals surface area contributed by atoms with Crippen LogP contribution in [-0.2, 0) is 9.59 Å². The summed E-state index contributed by atoms with van der Waals surface area (Å²) in [6, 6.07) is 9.02. The van der Waals surface area contributed by atoms with Gasteiger partial charge in [-0.3, -0.25) is 20.4 Å². The molecule has 0 aliphatic heterocycles. The van der Waals surface area contributed by atoms with E-state index >= 15 is 0 Å². The molecule has 0 saturated carbocycles. The predicted molar refractivity (Wildman–Crippen MR) is 117 cm³/mol. The molecule has 0 spiro atoms. The van der Waals surface area contributed by atoms with E-state index in [4.69, 9.17) is 18.9 Å². The molecule has 0 fully saturated rings. The maximum atomic E-state index is 12.2. The van der Waals surface area contributed by atoms with Gasteiger partial charge in [-0.05, 0) is 61.7 Å². The quantitative estimate of drug-likeness (QED) is 0.496. The van der Waals surface area contributed by atoms with Crippen molar-refractivity contribution < 1.29 is 28.5 Å². The highest BCUT2D eigenvalue weighted by atomic mass is 16.5. The van der Waals surface area contributed by atoms with Crippen molar-refractivity contribution in [3.63, 3.8) is 0 Å². The maximum absolute atomic E-state index is 12.2. The molecule has 2 amide bonds. The van der Waals surface area contributed by atoms with Crippen molar-refractivity contribution in [2.45, 2.75) is 26.9 Å². The van der Waals surface area contributed by atoms with Gasteiger partial charge in [0.15, 0.2) is 17.6 Å². The van der Waals surface area contributed by atoms with Gasteiger partial charge >= 0.3 is 0 Å². The number of hydrogen-bond donors (Lipinski definition) is 2. The van der Waals surface area contributed by atoms with Gasteiger partial charge in [0.2, 0.25) is 5.75 Å². The molecule has 0 heterocycles. The lowest BCUT2D eigenvalue weighted by Crippen LogP contribution is -2.46. The number of ether oxygens (including phenoxy) is 4. The van der Waals surface area contributed by atoms with Gasteiger partial charge < -0.3 is 18.9 Å². The van der Waals surface area contributed by atoms with Crippen LogP contribution in [-0.4, -0.2) is 39.2 Å². The Labute approximate surface area is 182 Å². The molecular formula is C23H28N2O6. The Balaban J connectivity index is 1.96. The monoisotopic (exact) mass is 428 g/mol. The van der Waals surface area contributed by atoms with Gasteiger partial charge in [-0.25, -0.2) is 0 Å². The first-order valence-electron chi connectivity index (χ1n) is 9.61. The summed E-state index contributed by atoms with van der Waals surface area (Å²) < 4.78 is 21.5. The van der Waals surface area contributed by atoms with Crippen LogP contribution in [0, 0.1) is 13.8 Å². The first-order chi connectivity index (χ1) is 14.8. The van der Waals surface area contributed by atoms with E-state index in [1.165, 1.54) is 27.4 Å². The number of amides is 2. The molecule has 1 unspecified atom stereocenters. The number of hydrogen-bond acceptors (Lipinski definition) is 6. The molecule has 0 saturated heterocycles. The fraction of sp³-hybridized carbons (Fsp3) is 0.304. The number of benzene rings is 2. The second-order valence-corrected chi connectivity index (χ2v) is 6.73. The zero-order valence-corrected chi connectivity index (χ0v) is 18.6. The Kier molecular flexibility index (Phi) is 8.31. The Hall–Kier alpha value is -3.68. The first kappa shape index (κ1) is 23.6. The Bertz CT molecular complexity index is 946. The second kappa shape index (κ2) is 10.9. The van der Waals surface area contributed by atoms with Crippen molar-refractivity contribution in [1.82, 2.24) is 10.9 Å². The van der Waals surface area contributed by atoms with Gasteiger partial charge in [0, 0.05) is 6.08 Å². The van der Waals surface area contributed by atoms with E-state index < -0.39 is 17.9 Å². The summed E-state index contributed by atoms with van der Waals surface area (Å²) in [5.74, 6) is 1.02. The van der Waals surface area contributed by atoms with E-state index in [2.05, 4.69) is 10.9 Å². The zero-order valence-electron chi connectivity index (χ0n) is 18.6. The van der Waals surface area contributed by atoms with E-state index in [0.29, 0.717) is 28.6 Å². The Morgan fingerprint density at radius 1 is 0.935 bits per heavy atom. The predicted octanol–water partition coefficient (Wildman–Crippen LogP) is 2.96. The normalized spacial score (nSPS) is 11.5. The summed E-state index contributed by atoms with van der Waals surface area (Å²) in [5.41, 5.74) is 7.36. The molecule has 0 aliphatic carbocycles. The van der Waals surface area contributed by atoms with Crippen LogP contribution in [0.5, 0.6) is 23.0 Å². The van der Waals surface area contributed by atoms with Gasteiger partial charge in [-0.1, -0.05) is 12.1 Å². The molecule has 31 heavy (non-hydrogen) atoms. The molecule has 166 valence electrons. The highest BCUT2D eigenvalue weighted by Crippen LogP contribution is 2.38. The van der Waals surface area contributed by atoms with Crippen LogP contribution < -0.4 is 29.8 Å². The van der Waals surface area contributed by atoms with E-state index in [0.717, 1.165) is 11.1 Å². The van der Waals surface area contributed by atoms with Gasteiger partial charge in [0.25, 0.3) is 11.8 Å². The number of carbonyl (C=O) groups excluding carboxylic acids is 2. The minimum absolute atomic E-state index is 0.455. The summed E-state index contributed by atoms with van der Waals surface area (Å²) in [5, 5.41) is 0. The third-order valence-electron chi connectivity index (χ3n) is 4.65. The second-order valence-electron chi connectivity index (χ2n) is 6.73. The molecule has 0 aromatic heterocycles. The van der Waals surface area contributed by atoms with Crippen LogP contribution in [0.25, 0.3) is 6.08 Å². The average Bonchev–Trinajstić information content (AvgIpc) is 2.77. The van der Waals surface area contributed by atoms with E-state index in [1.807, 2.05) is 26.0 Å². The number of rotatable bonds is 8. The van der Waals surface area contributed by atoms with Crippen molar-refractivity contribution in [3.8, 4) is 23.0 Å². The van der Waals surface area contributed by atoms with E-state index in [9.17, 15) is 9.59 Å². The van der Waals surface area contributed by atoms with Gasteiger partial charge in [-0.2, -0.15) is 0 Å². The van der Waals surface area contributed by atoms with Crippen LogP contribution in [0.15, 0.2) is 36.4 Å². The van der Waals surface area contributed by atoms with Gasteiger partial charge in [-0.15, -0.1) is 0 Å². The third kappa shape index (κ3) is 6.15. The van der Waals surface area contributed by atoms with Crippen LogP contribution in [0.4, 0.5) is 0 Å². The first-order valence-corrected chi connectivity index (χ1v) is 9.61. The average molecular weight is 428 g/mol. The third-order valence-corrected chi connectivity index (χ3v) is 4.65. The molecule has 2 N–H and O–H groups in total. The van der Waals surface area contributed by atoms with Crippen molar-refractivity contribution in [3.05, 3.63) is 53.1 Å². The molecule has 1 atom stereocenters. The van der Waals surface area contributed by atoms with Crippen LogP contribution in [0.1, 0.15) is 23.6 Å². The maximum Gasteiger partial charge on any atom is 0.279 e. The molecule has 2 aromatic rings. The molecule has 0 radical (unpaired) electrons. The van der Waals surface area contributed by atoms with Gasteiger partial charge in [0.1, 0.15) is 5.75 Å². The molecule has 2 rings (SSSR count).